The number of rotatable bonds is 1. The third-order valence-corrected chi connectivity index (χ3v) is 2.51. The number of carbonyl (C=O) groups excluding carboxylic acids is 1. The van der Waals surface area contributed by atoms with Gasteiger partial charge in [0.15, 0.2) is 0 Å². The van der Waals surface area contributed by atoms with E-state index in [2.05, 4.69) is 10.2 Å². The van der Waals surface area contributed by atoms with Gasteiger partial charge < -0.3 is 9.84 Å². The van der Waals surface area contributed by atoms with Crippen LogP contribution in [0.2, 0.25) is 0 Å². The summed E-state index contributed by atoms with van der Waals surface area (Å²) in [5.41, 5.74) is 0. The molecule has 0 aromatic carbocycles. The lowest BCUT2D eigenvalue weighted by Crippen LogP contribution is -2.41. The highest BCUT2D eigenvalue weighted by molar-refractivity contribution is 5.66. The molecule has 13 heavy (non-hydrogen) atoms. The summed E-state index contributed by atoms with van der Waals surface area (Å²) in [4.78, 5) is 10.7. The number of fused-ring (bicyclic) bond motifs is 2. The maximum atomic E-state index is 10.7. The van der Waals surface area contributed by atoms with Gasteiger partial charge in [0, 0.05) is 19.8 Å². The maximum absolute atomic E-state index is 10.7. The van der Waals surface area contributed by atoms with Gasteiger partial charge in [-0.15, -0.1) is 0 Å². The fourth-order valence-electron chi connectivity index (χ4n) is 1.87. The number of aliphatic hydroxyl groups is 1. The van der Waals surface area contributed by atoms with E-state index in [1.807, 2.05) is 0 Å². The monoisotopic (exact) mass is 184 g/mol. The molecule has 0 aromatic heterocycles. The molecule has 2 bridgehead atoms. The minimum absolute atomic E-state index is 0.0303. The average Bonchev–Trinajstić information content (AvgIpc) is 2.44. The summed E-state index contributed by atoms with van der Waals surface area (Å²) in [6.07, 6.45) is 0.378. The fraction of sp³-hybridized carbons (Fsp3) is 0.875. The van der Waals surface area contributed by atoms with Gasteiger partial charge in [0.05, 0.1) is 12.1 Å². The molecule has 72 valence electrons. The Hall–Kier alpha value is -0.970. The van der Waals surface area contributed by atoms with Gasteiger partial charge in [-0.25, -0.2) is 0 Å². The van der Waals surface area contributed by atoms with Crippen LogP contribution < -0.4 is 0 Å². The SMILES string of the molecule is CC(=O)O[C@H]1C[C@@H](O)[C@H]2C[C@@H]1N=N2. The number of aliphatic hydroxyl groups excluding tert-OH is 1. The first kappa shape index (κ1) is 8.62. The number of esters is 1. The Morgan fingerprint density at radius 2 is 2.08 bits per heavy atom. The van der Waals surface area contributed by atoms with Gasteiger partial charge in [0.2, 0.25) is 0 Å². The normalized spacial score (nSPS) is 42.0. The number of azo groups is 1. The molecule has 0 saturated heterocycles. The van der Waals surface area contributed by atoms with Crippen LogP contribution in [0.15, 0.2) is 10.2 Å². The number of ether oxygens (including phenoxy) is 1. The first-order valence-corrected chi connectivity index (χ1v) is 4.42. The van der Waals surface area contributed by atoms with Crippen molar-refractivity contribution in [2.45, 2.75) is 44.1 Å². The zero-order chi connectivity index (χ0) is 9.42. The van der Waals surface area contributed by atoms with Gasteiger partial charge in [-0.1, -0.05) is 0 Å². The Balaban J connectivity index is 2.04. The zero-order valence-electron chi connectivity index (χ0n) is 7.38. The lowest BCUT2D eigenvalue weighted by molar-refractivity contribution is -0.150. The Morgan fingerprint density at radius 3 is 2.77 bits per heavy atom. The second kappa shape index (κ2) is 3.06. The lowest BCUT2D eigenvalue weighted by atomic mass is 9.88. The van der Waals surface area contributed by atoms with E-state index in [4.69, 9.17) is 4.74 Å². The summed E-state index contributed by atoms with van der Waals surface area (Å²) in [5.74, 6) is -0.322. The summed E-state index contributed by atoms with van der Waals surface area (Å²) < 4.78 is 5.04. The minimum atomic E-state index is -0.508. The molecular formula is C8H12N2O3. The molecule has 0 amide bonds. The highest BCUT2D eigenvalue weighted by Crippen LogP contribution is 2.32. The second-order valence-corrected chi connectivity index (χ2v) is 3.55. The highest BCUT2D eigenvalue weighted by atomic mass is 16.5. The second-order valence-electron chi connectivity index (χ2n) is 3.55. The van der Waals surface area contributed by atoms with E-state index >= 15 is 0 Å². The van der Waals surface area contributed by atoms with Crippen molar-refractivity contribution >= 4 is 5.97 Å². The molecule has 0 aromatic rings. The Morgan fingerprint density at radius 1 is 1.38 bits per heavy atom. The van der Waals surface area contributed by atoms with Gasteiger partial charge in [-0.2, -0.15) is 10.2 Å². The van der Waals surface area contributed by atoms with E-state index in [0.29, 0.717) is 12.8 Å². The van der Waals surface area contributed by atoms with Crippen LogP contribution in [0.5, 0.6) is 0 Å². The number of hydrogen-bond donors (Lipinski definition) is 1. The number of nitrogens with zero attached hydrogens (tertiary/aromatic N) is 2. The average molecular weight is 184 g/mol. The molecule has 1 aliphatic carbocycles. The molecule has 2 aliphatic rings. The van der Waals surface area contributed by atoms with Crippen LogP contribution in [0.25, 0.3) is 0 Å². The van der Waals surface area contributed by atoms with Crippen LogP contribution in [-0.4, -0.2) is 35.4 Å². The van der Waals surface area contributed by atoms with Crippen molar-refractivity contribution in [3.8, 4) is 0 Å². The number of hydrogen-bond acceptors (Lipinski definition) is 5. The predicted octanol–water partition coefficient (Wildman–Crippen LogP) is 0.276. The third-order valence-electron chi connectivity index (χ3n) is 2.51. The Kier molecular flexibility index (Phi) is 2.03. The first-order chi connectivity index (χ1) is 6.16. The van der Waals surface area contributed by atoms with E-state index in [1.165, 1.54) is 6.92 Å². The molecule has 0 spiro atoms. The van der Waals surface area contributed by atoms with Crippen molar-refractivity contribution in [3.63, 3.8) is 0 Å². The molecule has 5 heteroatoms. The summed E-state index contributed by atoms with van der Waals surface area (Å²) in [5, 5.41) is 17.4. The van der Waals surface area contributed by atoms with E-state index in [1.54, 1.807) is 0 Å². The topological polar surface area (TPSA) is 71.2 Å². The Bertz CT molecular complexity index is 254. The van der Waals surface area contributed by atoms with Gasteiger partial charge >= 0.3 is 5.97 Å². The molecule has 0 unspecified atom stereocenters. The highest BCUT2D eigenvalue weighted by Gasteiger charge is 2.42. The summed E-state index contributed by atoms with van der Waals surface area (Å²) in [7, 11) is 0. The van der Waals surface area contributed by atoms with Gasteiger partial charge in [0.1, 0.15) is 12.1 Å². The van der Waals surface area contributed by atoms with Gasteiger partial charge in [0.25, 0.3) is 0 Å². The molecule has 2 rings (SSSR count). The van der Waals surface area contributed by atoms with Crippen LogP contribution in [0, 0.1) is 0 Å². The maximum Gasteiger partial charge on any atom is 0.302 e. The third kappa shape index (κ3) is 1.56. The molecule has 1 saturated carbocycles. The van der Waals surface area contributed by atoms with Crippen molar-refractivity contribution < 1.29 is 14.6 Å². The largest absolute Gasteiger partial charge is 0.460 e. The van der Waals surface area contributed by atoms with Crippen molar-refractivity contribution in [1.82, 2.24) is 0 Å². The molecule has 4 atom stereocenters. The zero-order valence-corrected chi connectivity index (χ0v) is 7.38. The summed E-state index contributed by atoms with van der Waals surface area (Å²) in [6.45, 7) is 1.37. The van der Waals surface area contributed by atoms with Crippen LogP contribution in [0.1, 0.15) is 19.8 Å². The van der Waals surface area contributed by atoms with Crippen LogP contribution in [-0.2, 0) is 9.53 Å². The van der Waals surface area contributed by atoms with Gasteiger partial charge in [-0.05, 0) is 0 Å². The molecule has 1 fully saturated rings. The molecule has 0 radical (unpaired) electrons. The quantitative estimate of drug-likeness (QED) is 0.595. The van der Waals surface area contributed by atoms with E-state index in [-0.39, 0.29) is 24.2 Å². The summed E-state index contributed by atoms with van der Waals surface area (Å²) >= 11 is 0. The standard InChI is InChI=1S/C8H12N2O3/c1-4(11)13-8-3-7(12)5-2-6(8)10-9-5/h5-8,12H,2-3H2,1H3/t5-,6+,7-,8+/m1/s1. The van der Waals surface area contributed by atoms with E-state index in [9.17, 15) is 9.90 Å². The molecule has 1 N–H and O–H groups in total. The molecule has 5 nitrogen and oxygen atoms in total. The smallest absolute Gasteiger partial charge is 0.302 e. The predicted molar refractivity (Wildman–Crippen MR) is 43.2 cm³/mol. The molecule has 1 aliphatic heterocycles. The van der Waals surface area contributed by atoms with Gasteiger partial charge in [-0.3, -0.25) is 4.79 Å². The molecular weight excluding hydrogens is 172 g/mol. The number of carbonyl (C=O) groups is 1. The van der Waals surface area contributed by atoms with Crippen molar-refractivity contribution in [3.05, 3.63) is 0 Å². The van der Waals surface area contributed by atoms with E-state index in [0.717, 1.165) is 0 Å². The fourth-order valence-corrected chi connectivity index (χ4v) is 1.87. The summed E-state index contributed by atoms with van der Waals surface area (Å²) in [6, 6.07) is -0.103. The van der Waals surface area contributed by atoms with Crippen molar-refractivity contribution in [2.24, 2.45) is 10.2 Å². The Labute approximate surface area is 75.8 Å². The minimum Gasteiger partial charge on any atom is -0.460 e. The van der Waals surface area contributed by atoms with Crippen LogP contribution >= 0.6 is 0 Å². The van der Waals surface area contributed by atoms with Crippen molar-refractivity contribution in [2.75, 3.05) is 0 Å². The van der Waals surface area contributed by atoms with E-state index < -0.39 is 6.10 Å². The first-order valence-electron chi connectivity index (χ1n) is 4.42. The lowest BCUT2D eigenvalue weighted by Gasteiger charge is -2.28. The van der Waals surface area contributed by atoms with Crippen LogP contribution in [0.4, 0.5) is 0 Å². The molecule has 1 heterocycles. The van der Waals surface area contributed by atoms with Crippen LogP contribution in [0.3, 0.4) is 0 Å². The van der Waals surface area contributed by atoms with Crippen molar-refractivity contribution in [1.29, 1.82) is 0 Å².